The molecule has 0 aliphatic carbocycles. The van der Waals surface area contributed by atoms with Crippen LogP contribution in [-0.4, -0.2) is 46.4 Å². The summed E-state index contributed by atoms with van der Waals surface area (Å²) in [7, 11) is 1.40. The zero-order valence-electron chi connectivity index (χ0n) is 12.8. The van der Waals surface area contributed by atoms with Crippen LogP contribution in [0.2, 0.25) is 0 Å². The Kier molecular flexibility index (Phi) is 3.83. The Labute approximate surface area is 128 Å². The van der Waals surface area contributed by atoms with Crippen molar-refractivity contribution in [3.05, 3.63) is 35.8 Å². The lowest BCUT2D eigenvalue weighted by Crippen LogP contribution is -2.41. The number of carbonyl (C=O) groups excluding carboxylic acids is 2. The van der Waals surface area contributed by atoms with Crippen LogP contribution in [0, 0.1) is 12.8 Å². The molecular formula is C16H19N3O3. The molecule has 1 aliphatic rings. The first-order valence-corrected chi connectivity index (χ1v) is 7.42. The third-order valence-electron chi connectivity index (χ3n) is 4.22. The molecule has 116 valence electrons. The number of esters is 1. The van der Waals surface area contributed by atoms with Gasteiger partial charge in [0, 0.05) is 19.3 Å². The minimum Gasteiger partial charge on any atom is -0.469 e. The van der Waals surface area contributed by atoms with E-state index < -0.39 is 0 Å². The van der Waals surface area contributed by atoms with Gasteiger partial charge in [-0.3, -0.25) is 14.0 Å². The normalized spacial score (nSPS) is 16.0. The maximum atomic E-state index is 12.8. The molecule has 0 atom stereocenters. The van der Waals surface area contributed by atoms with Crippen LogP contribution in [-0.2, 0) is 9.53 Å². The molecule has 1 aliphatic heterocycles. The summed E-state index contributed by atoms with van der Waals surface area (Å²) >= 11 is 0. The molecule has 6 heteroatoms. The van der Waals surface area contributed by atoms with Crippen LogP contribution >= 0.6 is 0 Å². The number of hydrogen-bond donors (Lipinski definition) is 0. The molecule has 1 amide bonds. The van der Waals surface area contributed by atoms with Crippen molar-refractivity contribution in [1.29, 1.82) is 0 Å². The van der Waals surface area contributed by atoms with Gasteiger partial charge in [0.2, 0.25) is 0 Å². The minimum atomic E-state index is -0.182. The Balaban J connectivity index is 1.80. The molecule has 1 saturated heterocycles. The molecule has 22 heavy (non-hydrogen) atoms. The fourth-order valence-electron chi connectivity index (χ4n) is 3.01. The van der Waals surface area contributed by atoms with Crippen LogP contribution in [0.4, 0.5) is 0 Å². The summed E-state index contributed by atoms with van der Waals surface area (Å²) in [5, 5.41) is 0. The molecular weight excluding hydrogens is 282 g/mol. The number of methoxy groups -OCH3 is 1. The number of carbonyl (C=O) groups is 2. The van der Waals surface area contributed by atoms with E-state index in [1.165, 1.54) is 7.11 Å². The molecule has 2 aromatic rings. The van der Waals surface area contributed by atoms with Crippen LogP contribution in [0.5, 0.6) is 0 Å². The molecule has 0 spiro atoms. The highest BCUT2D eigenvalue weighted by Crippen LogP contribution is 2.21. The Hall–Kier alpha value is -2.37. The van der Waals surface area contributed by atoms with Gasteiger partial charge in [-0.25, -0.2) is 4.98 Å². The van der Waals surface area contributed by atoms with Gasteiger partial charge in [-0.1, -0.05) is 6.07 Å². The standard InChI is InChI=1S/C16H19N3O3/c1-11-14(19-8-4-3-5-13(19)17-11)15(20)18-9-6-12(7-10-18)16(21)22-2/h3-5,8,12H,6-7,9-10H2,1-2H3. The van der Waals surface area contributed by atoms with Crippen molar-refractivity contribution in [3.63, 3.8) is 0 Å². The number of imidazole rings is 1. The molecule has 3 rings (SSSR count). The summed E-state index contributed by atoms with van der Waals surface area (Å²) < 4.78 is 6.60. The number of rotatable bonds is 2. The van der Waals surface area contributed by atoms with Gasteiger partial charge in [0.15, 0.2) is 0 Å². The molecule has 0 aromatic carbocycles. The van der Waals surface area contributed by atoms with Gasteiger partial charge in [-0.2, -0.15) is 0 Å². The van der Waals surface area contributed by atoms with Gasteiger partial charge in [0.1, 0.15) is 11.3 Å². The number of aromatic nitrogens is 2. The summed E-state index contributed by atoms with van der Waals surface area (Å²) in [5.74, 6) is -0.310. The Morgan fingerprint density at radius 1 is 1.27 bits per heavy atom. The summed E-state index contributed by atoms with van der Waals surface area (Å²) in [5.41, 5.74) is 2.10. The fourth-order valence-corrected chi connectivity index (χ4v) is 3.01. The Bertz CT molecular complexity index is 714. The molecule has 0 unspecified atom stereocenters. The molecule has 0 saturated carbocycles. The number of likely N-dealkylation sites (tertiary alicyclic amines) is 1. The van der Waals surface area contributed by atoms with Gasteiger partial charge >= 0.3 is 5.97 Å². The second-order valence-electron chi connectivity index (χ2n) is 5.56. The predicted octanol–water partition coefficient (Wildman–Crippen LogP) is 1.67. The maximum Gasteiger partial charge on any atom is 0.308 e. The second-order valence-corrected chi connectivity index (χ2v) is 5.56. The lowest BCUT2D eigenvalue weighted by atomic mass is 9.97. The van der Waals surface area contributed by atoms with Crippen molar-refractivity contribution in [2.24, 2.45) is 5.92 Å². The lowest BCUT2D eigenvalue weighted by molar-refractivity contribution is -0.146. The maximum absolute atomic E-state index is 12.8. The summed E-state index contributed by atoms with van der Waals surface area (Å²) in [6.07, 6.45) is 3.15. The van der Waals surface area contributed by atoms with Gasteiger partial charge in [0.25, 0.3) is 5.91 Å². The van der Waals surface area contributed by atoms with E-state index in [0.29, 0.717) is 31.6 Å². The van der Waals surface area contributed by atoms with Gasteiger partial charge in [-0.15, -0.1) is 0 Å². The molecule has 2 aromatic heterocycles. The highest BCUT2D eigenvalue weighted by molar-refractivity contribution is 5.94. The third-order valence-corrected chi connectivity index (χ3v) is 4.22. The number of ether oxygens (including phenoxy) is 1. The zero-order chi connectivity index (χ0) is 15.7. The van der Waals surface area contributed by atoms with Crippen molar-refractivity contribution in [1.82, 2.24) is 14.3 Å². The highest BCUT2D eigenvalue weighted by atomic mass is 16.5. The summed E-state index contributed by atoms with van der Waals surface area (Å²) in [4.78, 5) is 30.6. The molecule has 0 bridgehead atoms. The van der Waals surface area contributed by atoms with E-state index in [0.717, 1.165) is 11.3 Å². The number of hydrogen-bond acceptors (Lipinski definition) is 4. The van der Waals surface area contributed by atoms with E-state index in [4.69, 9.17) is 4.74 Å². The Morgan fingerprint density at radius 2 is 2.00 bits per heavy atom. The molecule has 6 nitrogen and oxygen atoms in total. The number of aryl methyl sites for hydroxylation is 1. The average Bonchev–Trinajstić information content (AvgIpc) is 2.89. The predicted molar refractivity (Wildman–Crippen MR) is 80.6 cm³/mol. The number of pyridine rings is 1. The second kappa shape index (κ2) is 5.79. The average molecular weight is 301 g/mol. The number of piperidine rings is 1. The van der Waals surface area contributed by atoms with Crippen LogP contribution in [0.25, 0.3) is 5.65 Å². The van der Waals surface area contributed by atoms with Crippen LogP contribution in [0.15, 0.2) is 24.4 Å². The van der Waals surface area contributed by atoms with E-state index in [2.05, 4.69) is 4.98 Å². The van der Waals surface area contributed by atoms with E-state index in [1.54, 1.807) is 4.90 Å². The molecule has 1 fully saturated rings. The smallest absolute Gasteiger partial charge is 0.308 e. The van der Waals surface area contributed by atoms with Gasteiger partial charge in [-0.05, 0) is 31.9 Å². The van der Waals surface area contributed by atoms with Crippen LogP contribution in [0.1, 0.15) is 29.0 Å². The first kappa shape index (κ1) is 14.6. The summed E-state index contributed by atoms with van der Waals surface area (Å²) in [6.45, 7) is 2.98. The molecule has 0 N–H and O–H groups in total. The number of nitrogens with zero attached hydrogens (tertiary/aromatic N) is 3. The quantitative estimate of drug-likeness (QED) is 0.792. The van der Waals surface area contributed by atoms with E-state index in [-0.39, 0.29) is 17.8 Å². The first-order valence-electron chi connectivity index (χ1n) is 7.42. The zero-order valence-corrected chi connectivity index (χ0v) is 12.8. The molecule has 0 radical (unpaired) electrons. The highest BCUT2D eigenvalue weighted by Gasteiger charge is 2.30. The fraction of sp³-hybridized carbons (Fsp3) is 0.438. The van der Waals surface area contributed by atoms with Crippen LogP contribution in [0.3, 0.4) is 0 Å². The third kappa shape index (κ3) is 2.45. The van der Waals surface area contributed by atoms with Crippen molar-refractivity contribution < 1.29 is 14.3 Å². The number of amides is 1. The minimum absolute atomic E-state index is 0.0282. The lowest BCUT2D eigenvalue weighted by Gasteiger charge is -2.30. The van der Waals surface area contributed by atoms with E-state index >= 15 is 0 Å². The van der Waals surface area contributed by atoms with Gasteiger partial charge < -0.3 is 9.64 Å². The monoisotopic (exact) mass is 301 g/mol. The van der Waals surface area contributed by atoms with Gasteiger partial charge in [0.05, 0.1) is 18.7 Å². The van der Waals surface area contributed by atoms with Crippen LogP contribution < -0.4 is 0 Å². The Morgan fingerprint density at radius 3 is 2.68 bits per heavy atom. The SMILES string of the molecule is COC(=O)C1CCN(C(=O)c2c(C)nc3ccccn23)CC1. The number of fused-ring (bicyclic) bond motifs is 1. The van der Waals surface area contributed by atoms with Crippen molar-refractivity contribution >= 4 is 17.5 Å². The molecule has 3 heterocycles. The van der Waals surface area contributed by atoms with E-state index in [9.17, 15) is 9.59 Å². The van der Waals surface area contributed by atoms with Crippen molar-refractivity contribution in [3.8, 4) is 0 Å². The first-order chi connectivity index (χ1) is 10.6. The van der Waals surface area contributed by atoms with Crippen molar-refractivity contribution in [2.75, 3.05) is 20.2 Å². The van der Waals surface area contributed by atoms with Crippen molar-refractivity contribution in [2.45, 2.75) is 19.8 Å². The largest absolute Gasteiger partial charge is 0.469 e. The topological polar surface area (TPSA) is 63.9 Å². The summed E-state index contributed by atoms with van der Waals surface area (Å²) in [6, 6.07) is 5.67. The van der Waals surface area contributed by atoms with E-state index in [1.807, 2.05) is 35.7 Å².